The third kappa shape index (κ3) is 4.83. The fourth-order valence-electron chi connectivity index (χ4n) is 2.90. The minimum Gasteiger partial charge on any atom is -0.478 e. The fourth-order valence-corrected chi connectivity index (χ4v) is 2.90. The molecule has 0 unspecified atom stereocenters. The monoisotopic (exact) mass is 412 g/mol. The van der Waals surface area contributed by atoms with Crippen molar-refractivity contribution in [1.29, 1.82) is 0 Å². The van der Waals surface area contributed by atoms with Gasteiger partial charge in [-0.3, -0.25) is 9.59 Å². The maximum absolute atomic E-state index is 13.0. The van der Waals surface area contributed by atoms with Crippen LogP contribution in [0.25, 0.3) is 10.8 Å². The second-order valence-corrected chi connectivity index (χ2v) is 6.53. The Kier molecular flexibility index (Phi) is 6.46. The SMILES string of the molecule is CCOC(=O)[C@H](C)Oc1cccc2c(=O)n(CC(=O)Nc3ccc(F)cc3)ccc12. The van der Waals surface area contributed by atoms with Crippen molar-refractivity contribution in [3.63, 3.8) is 0 Å². The van der Waals surface area contributed by atoms with Gasteiger partial charge >= 0.3 is 5.97 Å². The molecule has 1 N–H and O–H groups in total. The molecular formula is C22H21FN2O5. The van der Waals surface area contributed by atoms with Crippen molar-refractivity contribution in [2.24, 2.45) is 0 Å². The molecule has 156 valence electrons. The molecule has 0 fully saturated rings. The Bertz CT molecular complexity index is 1120. The highest BCUT2D eigenvalue weighted by Gasteiger charge is 2.18. The third-order valence-electron chi connectivity index (χ3n) is 4.34. The van der Waals surface area contributed by atoms with E-state index < -0.39 is 23.8 Å². The van der Waals surface area contributed by atoms with E-state index in [0.717, 1.165) is 0 Å². The summed E-state index contributed by atoms with van der Waals surface area (Å²) in [5.41, 5.74) is 0.0508. The zero-order valence-electron chi connectivity index (χ0n) is 16.6. The number of halogens is 1. The molecule has 1 atom stereocenters. The maximum Gasteiger partial charge on any atom is 0.347 e. The van der Waals surface area contributed by atoms with E-state index in [1.807, 2.05) is 0 Å². The number of hydrogen-bond acceptors (Lipinski definition) is 5. The molecule has 0 aliphatic carbocycles. The van der Waals surface area contributed by atoms with E-state index in [9.17, 15) is 18.8 Å². The molecule has 0 spiro atoms. The van der Waals surface area contributed by atoms with Crippen LogP contribution in [0.15, 0.2) is 59.5 Å². The molecule has 0 bridgehead atoms. The molecule has 3 rings (SSSR count). The molecule has 1 amide bonds. The fraction of sp³-hybridized carbons (Fsp3) is 0.227. The van der Waals surface area contributed by atoms with Gasteiger partial charge in [-0.25, -0.2) is 9.18 Å². The van der Waals surface area contributed by atoms with E-state index in [-0.39, 0.29) is 18.7 Å². The predicted octanol–water partition coefficient (Wildman–Crippen LogP) is 3.11. The van der Waals surface area contributed by atoms with Gasteiger partial charge in [0.2, 0.25) is 5.91 Å². The Hall–Kier alpha value is -3.68. The summed E-state index contributed by atoms with van der Waals surface area (Å²) >= 11 is 0. The zero-order chi connectivity index (χ0) is 21.7. The van der Waals surface area contributed by atoms with Gasteiger partial charge in [0.15, 0.2) is 6.10 Å². The number of rotatable bonds is 7. The first kappa shape index (κ1) is 21.0. The molecule has 0 radical (unpaired) electrons. The van der Waals surface area contributed by atoms with Gasteiger partial charge in [0.05, 0.1) is 12.0 Å². The number of hydrogen-bond donors (Lipinski definition) is 1. The van der Waals surface area contributed by atoms with Crippen LogP contribution >= 0.6 is 0 Å². The van der Waals surface area contributed by atoms with Gasteiger partial charge in [0, 0.05) is 17.3 Å². The molecule has 0 saturated heterocycles. The number of ether oxygens (including phenoxy) is 2. The summed E-state index contributed by atoms with van der Waals surface area (Å²) in [6, 6.07) is 11.9. The summed E-state index contributed by atoms with van der Waals surface area (Å²) < 4.78 is 24.8. The number of anilines is 1. The van der Waals surface area contributed by atoms with E-state index in [0.29, 0.717) is 22.2 Å². The van der Waals surface area contributed by atoms with Crippen LogP contribution in [0.2, 0.25) is 0 Å². The van der Waals surface area contributed by atoms with Crippen LogP contribution in [-0.4, -0.2) is 29.2 Å². The predicted molar refractivity (Wildman–Crippen MR) is 110 cm³/mol. The van der Waals surface area contributed by atoms with Crippen LogP contribution in [0.3, 0.4) is 0 Å². The summed E-state index contributed by atoms with van der Waals surface area (Å²) in [4.78, 5) is 36.9. The minimum atomic E-state index is -0.834. The molecule has 2 aromatic carbocycles. The first-order valence-corrected chi connectivity index (χ1v) is 9.40. The van der Waals surface area contributed by atoms with Crippen molar-refractivity contribution in [3.05, 3.63) is 70.9 Å². The van der Waals surface area contributed by atoms with Crippen LogP contribution in [0, 0.1) is 5.82 Å². The lowest BCUT2D eigenvalue weighted by Gasteiger charge is -2.15. The number of pyridine rings is 1. The van der Waals surface area contributed by atoms with Gasteiger partial charge in [-0.15, -0.1) is 0 Å². The van der Waals surface area contributed by atoms with Crippen LogP contribution in [0.4, 0.5) is 10.1 Å². The first-order valence-electron chi connectivity index (χ1n) is 9.40. The van der Waals surface area contributed by atoms with Crippen LogP contribution in [0.1, 0.15) is 13.8 Å². The Morgan fingerprint density at radius 2 is 1.83 bits per heavy atom. The number of aromatic nitrogens is 1. The van der Waals surface area contributed by atoms with Crippen molar-refractivity contribution in [2.75, 3.05) is 11.9 Å². The lowest BCUT2D eigenvalue weighted by Crippen LogP contribution is -2.28. The Morgan fingerprint density at radius 3 is 2.53 bits per heavy atom. The number of carbonyl (C=O) groups excluding carboxylic acids is 2. The zero-order valence-corrected chi connectivity index (χ0v) is 16.6. The van der Waals surface area contributed by atoms with Gasteiger partial charge in [-0.2, -0.15) is 0 Å². The largest absolute Gasteiger partial charge is 0.478 e. The molecule has 0 saturated carbocycles. The second-order valence-electron chi connectivity index (χ2n) is 6.53. The smallest absolute Gasteiger partial charge is 0.347 e. The molecule has 1 aromatic heterocycles. The van der Waals surface area contributed by atoms with Crippen LogP contribution in [0.5, 0.6) is 5.75 Å². The first-order chi connectivity index (χ1) is 14.4. The Balaban J connectivity index is 1.80. The van der Waals surface area contributed by atoms with Crippen LogP contribution < -0.4 is 15.6 Å². The number of esters is 1. The van der Waals surface area contributed by atoms with E-state index in [4.69, 9.17) is 9.47 Å². The molecule has 3 aromatic rings. The molecule has 8 heteroatoms. The molecule has 7 nitrogen and oxygen atoms in total. The summed E-state index contributed by atoms with van der Waals surface area (Å²) in [5, 5.41) is 3.48. The van der Waals surface area contributed by atoms with Crippen molar-refractivity contribution < 1.29 is 23.5 Å². The van der Waals surface area contributed by atoms with Crippen molar-refractivity contribution >= 4 is 28.3 Å². The van der Waals surface area contributed by atoms with Gasteiger partial charge in [-0.05, 0) is 56.3 Å². The van der Waals surface area contributed by atoms with Gasteiger partial charge in [0.1, 0.15) is 18.1 Å². The maximum atomic E-state index is 13.0. The number of nitrogens with one attached hydrogen (secondary N) is 1. The molecule has 0 aliphatic heterocycles. The summed E-state index contributed by atoms with van der Waals surface area (Å²) in [5.74, 6) is -0.964. The number of nitrogens with zero attached hydrogens (tertiary/aromatic N) is 1. The Labute approximate surface area is 172 Å². The van der Waals surface area contributed by atoms with E-state index in [1.54, 1.807) is 38.1 Å². The van der Waals surface area contributed by atoms with E-state index in [1.165, 1.54) is 35.0 Å². The van der Waals surface area contributed by atoms with E-state index in [2.05, 4.69) is 5.32 Å². The minimum absolute atomic E-state index is 0.212. The Morgan fingerprint density at radius 1 is 1.10 bits per heavy atom. The van der Waals surface area contributed by atoms with Gasteiger partial charge in [0.25, 0.3) is 5.56 Å². The second kappa shape index (κ2) is 9.21. The summed E-state index contributed by atoms with van der Waals surface area (Å²) in [6.45, 7) is 3.30. The molecular weight excluding hydrogens is 391 g/mol. The van der Waals surface area contributed by atoms with Crippen molar-refractivity contribution in [3.8, 4) is 5.75 Å². The number of fused-ring (bicyclic) bond motifs is 1. The lowest BCUT2D eigenvalue weighted by molar-refractivity contribution is -0.150. The van der Waals surface area contributed by atoms with Gasteiger partial charge < -0.3 is 19.4 Å². The van der Waals surface area contributed by atoms with Crippen molar-refractivity contribution in [1.82, 2.24) is 4.57 Å². The average molecular weight is 412 g/mol. The summed E-state index contributed by atoms with van der Waals surface area (Å²) in [7, 11) is 0. The lowest BCUT2D eigenvalue weighted by atomic mass is 10.1. The van der Waals surface area contributed by atoms with Crippen LogP contribution in [-0.2, 0) is 20.9 Å². The highest BCUT2D eigenvalue weighted by Crippen LogP contribution is 2.24. The average Bonchev–Trinajstić information content (AvgIpc) is 2.72. The van der Waals surface area contributed by atoms with Crippen molar-refractivity contribution in [2.45, 2.75) is 26.5 Å². The third-order valence-corrected chi connectivity index (χ3v) is 4.34. The standard InChI is InChI=1S/C22H21FN2O5/c1-3-29-22(28)14(2)30-19-6-4-5-18-17(19)11-12-25(21(18)27)13-20(26)24-16-9-7-15(23)8-10-16/h4-12,14H,3,13H2,1-2H3,(H,24,26)/t14-/m0/s1. The summed E-state index contributed by atoms with van der Waals surface area (Å²) in [6.07, 6.45) is 0.649. The number of carbonyl (C=O) groups is 2. The normalized spacial score (nSPS) is 11.7. The molecule has 30 heavy (non-hydrogen) atoms. The van der Waals surface area contributed by atoms with E-state index >= 15 is 0 Å². The van der Waals surface area contributed by atoms with Gasteiger partial charge in [-0.1, -0.05) is 6.07 Å². The topological polar surface area (TPSA) is 86.6 Å². The highest BCUT2D eigenvalue weighted by molar-refractivity contribution is 5.91. The quantitative estimate of drug-likeness (QED) is 0.603. The molecule has 0 aliphatic rings. The highest BCUT2D eigenvalue weighted by atomic mass is 19.1. The molecule has 1 heterocycles. The number of benzene rings is 2. The number of amides is 1.